The van der Waals surface area contributed by atoms with Crippen molar-refractivity contribution in [2.75, 3.05) is 14.2 Å². The molecule has 1 atom stereocenters. The van der Waals surface area contributed by atoms with E-state index in [1.165, 1.54) is 14.2 Å². The van der Waals surface area contributed by atoms with Crippen molar-refractivity contribution in [1.82, 2.24) is 0 Å². The van der Waals surface area contributed by atoms with Crippen LogP contribution in [0.25, 0.3) is 0 Å². The number of phosphoric ester groups is 1. The lowest BCUT2D eigenvalue weighted by Crippen LogP contribution is -2.11. The Labute approximate surface area is 89.0 Å². The first-order valence-electron chi connectivity index (χ1n) is 4.25. The topological polar surface area (TPSA) is 92.3 Å². The molecule has 0 heterocycles. The predicted molar refractivity (Wildman–Crippen MR) is 51.6 cm³/mol. The third-order valence-corrected chi connectivity index (χ3v) is 3.07. The van der Waals surface area contributed by atoms with Crippen LogP contribution in [0.15, 0.2) is 0 Å². The van der Waals surface area contributed by atoms with E-state index in [9.17, 15) is 4.57 Å². The highest BCUT2D eigenvalue weighted by atomic mass is 31.2. The standard InChI is InChI=1S/C8H13N2O4P/c1-12-15(11,13-2)14-8(5-7-10)4-3-6-9/h8H,3-5H2,1-2H3. The summed E-state index contributed by atoms with van der Waals surface area (Å²) < 4.78 is 25.7. The lowest BCUT2D eigenvalue weighted by Gasteiger charge is -2.18. The first-order chi connectivity index (χ1) is 7.11. The molecular formula is C8H13N2O4P. The molecule has 1 unspecified atom stereocenters. The first kappa shape index (κ1) is 14.1. The molecular weight excluding hydrogens is 219 g/mol. The number of rotatable bonds is 7. The molecule has 0 aromatic rings. The Bertz CT molecular complexity index is 299. The van der Waals surface area contributed by atoms with Gasteiger partial charge < -0.3 is 0 Å². The molecule has 0 aliphatic heterocycles. The third-order valence-electron chi connectivity index (χ3n) is 1.62. The summed E-state index contributed by atoms with van der Waals surface area (Å²) in [5.41, 5.74) is 0. The van der Waals surface area contributed by atoms with Crippen LogP contribution in [0, 0.1) is 22.7 Å². The van der Waals surface area contributed by atoms with Crippen molar-refractivity contribution in [2.24, 2.45) is 0 Å². The van der Waals surface area contributed by atoms with E-state index >= 15 is 0 Å². The van der Waals surface area contributed by atoms with Gasteiger partial charge in [-0.15, -0.1) is 0 Å². The number of nitriles is 2. The summed E-state index contributed by atoms with van der Waals surface area (Å²) in [7, 11) is -1.18. The molecule has 0 aliphatic carbocycles. The Kier molecular flexibility index (Phi) is 6.94. The second-order valence-corrected chi connectivity index (χ2v) is 4.43. The Hall–Kier alpha value is -0.910. The van der Waals surface area contributed by atoms with Crippen LogP contribution in [0.1, 0.15) is 19.3 Å². The van der Waals surface area contributed by atoms with Gasteiger partial charge in [0, 0.05) is 20.6 Å². The molecule has 0 saturated heterocycles. The van der Waals surface area contributed by atoms with Crippen molar-refractivity contribution >= 4 is 7.82 Å². The zero-order valence-corrected chi connectivity index (χ0v) is 9.57. The molecule has 0 aliphatic rings. The maximum atomic E-state index is 11.5. The minimum atomic E-state index is -3.57. The average Bonchev–Trinajstić information content (AvgIpc) is 2.26. The van der Waals surface area contributed by atoms with Crippen LogP contribution >= 0.6 is 7.82 Å². The van der Waals surface area contributed by atoms with Crippen molar-refractivity contribution in [3.8, 4) is 12.1 Å². The first-order valence-corrected chi connectivity index (χ1v) is 5.71. The van der Waals surface area contributed by atoms with E-state index in [0.29, 0.717) is 6.42 Å². The van der Waals surface area contributed by atoms with Crippen molar-refractivity contribution < 1.29 is 18.1 Å². The van der Waals surface area contributed by atoms with Crippen molar-refractivity contribution in [1.29, 1.82) is 10.5 Å². The van der Waals surface area contributed by atoms with E-state index in [1.807, 2.05) is 12.1 Å². The molecule has 0 N–H and O–H groups in total. The second-order valence-electron chi connectivity index (χ2n) is 2.60. The molecule has 0 spiro atoms. The van der Waals surface area contributed by atoms with Gasteiger partial charge in [-0.05, 0) is 6.42 Å². The van der Waals surface area contributed by atoms with Crippen molar-refractivity contribution in [2.45, 2.75) is 25.4 Å². The van der Waals surface area contributed by atoms with Gasteiger partial charge in [0.25, 0.3) is 0 Å². The lowest BCUT2D eigenvalue weighted by atomic mass is 10.2. The smallest absolute Gasteiger partial charge is 0.290 e. The number of hydrogen-bond acceptors (Lipinski definition) is 6. The van der Waals surface area contributed by atoms with E-state index in [2.05, 4.69) is 9.05 Å². The molecule has 84 valence electrons. The van der Waals surface area contributed by atoms with Gasteiger partial charge in [0.2, 0.25) is 0 Å². The Morgan fingerprint density at radius 2 is 1.87 bits per heavy atom. The molecule has 0 fully saturated rings. The molecule has 6 nitrogen and oxygen atoms in total. The van der Waals surface area contributed by atoms with Crippen LogP contribution in [0.5, 0.6) is 0 Å². The zero-order valence-electron chi connectivity index (χ0n) is 8.67. The van der Waals surface area contributed by atoms with Crippen LogP contribution in [0.2, 0.25) is 0 Å². The van der Waals surface area contributed by atoms with Gasteiger partial charge in [0.1, 0.15) is 0 Å². The summed E-state index contributed by atoms with van der Waals surface area (Å²) >= 11 is 0. The van der Waals surface area contributed by atoms with E-state index in [0.717, 1.165) is 0 Å². The molecule has 0 rings (SSSR count). The lowest BCUT2D eigenvalue weighted by molar-refractivity contribution is 0.103. The molecule has 0 radical (unpaired) electrons. The molecule has 0 aromatic heterocycles. The van der Waals surface area contributed by atoms with Crippen LogP contribution in [-0.2, 0) is 18.1 Å². The van der Waals surface area contributed by atoms with Crippen molar-refractivity contribution in [3.05, 3.63) is 0 Å². The second kappa shape index (κ2) is 7.39. The van der Waals surface area contributed by atoms with Crippen LogP contribution in [-0.4, -0.2) is 20.3 Å². The number of nitrogens with zero attached hydrogens (tertiary/aromatic N) is 2. The van der Waals surface area contributed by atoms with Crippen LogP contribution in [0.4, 0.5) is 0 Å². The zero-order chi connectivity index (χ0) is 11.7. The van der Waals surface area contributed by atoms with Gasteiger partial charge in [-0.3, -0.25) is 13.6 Å². The van der Waals surface area contributed by atoms with Gasteiger partial charge in [0.05, 0.1) is 24.7 Å². The largest absolute Gasteiger partial charge is 0.474 e. The summed E-state index contributed by atoms with van der Waals surface area (Å²) in [5.74, 6) is 0. The monoisotopic (exact) mass is 232 g/mol. The predicted octanol–water partition coefficient (Wildman–Crippen LogP) is 1.99. The van der Waals surface area contributed by atoms with E-state index in [4.69, 9.17) is 15.0 Å². The summed E-state index contributed by atoms with van der Waals surface area (Å²) in [6, 6.07) is 3.80. The third kappa shape index (κ3) is 5.51. The summed E-state index contributed by atoms with van der Waals surface area (Å²) in [4.78, 5) is 0. The SMILES string of the molecule is COP(=O)(OC)OC(CC#N)CCC#N. The van der Waals surface area contributed by atoms with Gasteiger partial charge in [0.15, 0.2) is 0 Å². The molecule has 7 heteroatoms. The fraction of sp³-hybridized carbons (Fsp3) is 0.750. The Morgan fingerprint density at radius 1 is 1.27 bits per heavy atom. The highest BCUT2D eigenvalue weighted by Crippen LogP contribution is 2.49. The molecule has 0 bridgehead atoms. The Balaban J connectivity index is 4.34. The van der Waals surface area contributed by atoms with E-state index in [1.54, 1.807) is 0 Å². The van der Waals surface area contributed by atoms with Gasteiger partial charge in [-0.1, -0.05) is 0 Å². The van der Waals surface area contributed by atoms with Crippen molar-refractivity contribution in [3.63, 3.8) is 0 Å². The normalized spacial score (nSPS) is 12.8. The highest BCUT2D eigenvalue weighted by Gasteiger charge is 2.27. The Morgan fingerprint density at radius 3 is 2.27 bits per heavy atom. The molecule has 0 saturated carbocycles. The summed E-state index contributed by atoms with van der Waals surface area (Å²) in [5, 5.41) is 16.9. The number of hydrogen-bond donors (Lipinski definition) is 0. The summed E-state index contributed by atoms with van der Waals surface area (Å²) in [6.07, 6.45) is -0.0285. The maximum absolute atomic E-state index is 11.5. The highest BCUT2D eigenvalue weighted by molar-refractivity contribution is 7.48. The molecule has 0 amide bonds. The fourth-order valence-electron chi connectivity index (χ4n) is 0.863. The minimum Gasteiger partial charge on any atom is -0.290 e. The van der Waals surface area contributed by atoms with Gasteiger partial charge >= 0.3 is 7.82 Å². The number of phosphoric acid groups is 1. The minimum absolute atomic E-state index is 0.0401. The molecule has 0 aromatic carbocycles. The average molecular weight is 232 g/mol. The van der Waals surface area contributed by atoms with Gasteiger partial charge in [-0.25, -0.2) is 4.57 Å². The van der Waals surface area contributed by atoms with E-state index < -0.39 is 13.9 Å². The quantitative estimate of drug-likeness (QED) is 0.623. The van der Waals surface area contributed by atoms with Gasteiger partial charge in [-0.2, -0.15) is 10.5 Å². The summed E-state index contributed by atoms with van der Waals surface area (Å²) in [6.45, 7) is 0. The van der Waals surface area contributed by atoms with Crippen LogP contribution < -0.4 is 0 Å². The molecule has 15 heavy (non-hydrogen) atoms. The maximum Gasteiger partial charge on any atom is 0.474 e. The fourth-order valence-corrected chi connectivity index (χ4v) is 1.73. The van der Waals surface area contributed by atoms with Crippen LogP contribution in [0.3, 0.4) is 0 Å². The van der Waals surface area contributed by atoms with E-state index in [-0.39, 0.29) is 12.8 Å².